The third kappa shape index (κ3) is 1.14. The molecule has 1 heterocycles. The monoisotopic (exact) mass is 184 g/mol. The largest absolute Gasteiger partial charge is 0.294 e. The highest BCUT2D eigenvalue weighted by Gasteiger charge is 2.27. The van der Waals surface area contributed by atoms with Gasteiger partial charge in [0.05, 0.1) is 17.8 Å². The maximum absolute atomic E-state index is 11.0. The minimum absolute atomic E-state index is 0.0214. The standard InChI is InChI=1S/C8H9ClN2O/c1-5(12)7-4-10-11(8(7)9)6-2-3-6/h4,6H,2-3H2,1H3. The third-order valence-electron chi connectivity index (χ3n) is 2.01. The molecule has 1 aromatic heterocycles. The van der Waals surface area contributed by atoms with Gasteiger partial charge in [0.25, 0.3) is 0 Å². The number of hydrogen-bond donors (Lipinski definition) is 0. The Kier molecular flexibility index (Phi) is 1.68. The molecule has 0 spiro atoms. The minimum Gasteiger partial charge on any atom is -0.294 e. The van der Waals surface area contributed by atoms with Gasteiger partial charge in [-0.05, 0) is 19.8 Å². The van der Waals surface area contributed by atoms with Crippen LogP contribution in [0.2, 0.25) is 5.15 Å². The summed E-state index contributed by atoms with van der Waals surface area (Å²) in [5.74, 6) is -0.0214. The molecule has 4 heteroatoms. The van der Waals surface area contributed by atoms with Crippen LogP contribution in [0.4, 0.5) is 0 Å². The Labute approximate surface area is 75.3 Å². The topological polar surface area (TPSA) is 34.9 Å². The summed E-state index contributed by atoms with van der Waals surface area (Å²) in [6, 6.07) is 0.436. The zero-order valence-corrected chi connectivity index (χ0v) is 7.51. The van der Waals surface area contributed by atoms with Crippen molar-refractivity contribution in [3.05, 3.63) is 16.9 Å². The van der Waals surface area contributed by atoms with E-state index >= 15 is 0 Å². The fraction of sp³-hybridized carbons (Fsp3) is 0.500. The molecule has 2 rings (SSSR count). The van der Waals surface area contributed by atoms with Gasteiger partial charge in [0, 0.05) is 0 Å². The van der Waals surface area contributed by atoms with E-state index in [1.807, 2.05) is 0 Å². The zero-order valence-electron chi connectivity index (χ0n) is 6.75. The molecule has 1 fully saturated rings. The predicted octanol–water partition coefficient (Wildman–Crippen LogP) is 2.07. The summed E-state index contributed by atoms with van der Waals surface area (Å²) in [5, 5.41) is 4.55. The van der Waals surface area contributed by atoms with Crippen LogP contribution in [0.3, 0.4) is 0 Å². The number of halogens is 1. The van der Waals surface area contributed by atoms with Crippen molar-refractivity contribution in [2.45, 2.75) is 25.8 Å². The Hall–Kier alpha value is -0.830. The molecule has 0 bridgehead atoms. The molecule has 0 aliphatic heterocycles. The van der Waals surface area contributed by atoms with Crippen molar-refractivity contribution in [2.75, 3.05) is 0 Å². The van der Waals surface area contributed by atoms with Crippen LogP contribution in [0.15, 0.2) is 6.20 Å². The molecular weight excluding hydrogens is 176 g/mol. The molecule has 3 nitrogen and oxygen atoms in total. The average Bonchev–Trinajstić information content (AvgIpc) is 2.75. The van der Waals surface area contributed by atoms with Crippen molar-refractivity contribution in [3.8, 4) is 0 Å². The van der Waals surface area contributed by atoms with E-state index in [4.69, 9.17) is 11.6 Å². The highest BCUT2D eigenvalue weighted by molar-refractivity contribution is 6.32. The van der Waals surface area contributed by atoms with Crippen molar-refractivity contribution in [1.29, 1.82) is 0 Å². The molecule has 1 aromatic rings. The van der Waals surface area contributed by atoms with Gasteiger partial charge in [-0.1, -0.05) is 11.6 Å². The molecule has 1 aliphatic rings. The lowest BCUT2D eigenvalue weighted by atomic mass is 10.3. The van der Waals surface area contributed by atoms with E-state index in [0.29, 0.717) is 16.8 Å². The quantitative estimate of drug-likeness (QED) is 0.660. The molecular formula is C8H9ClN2O. The lowest BCUT2D eigenvalue weighted by molar-refractivity contribution is 0.101. The Morgan fingerprint density at radius 2 is 2.42 bits per heavy atom. The lowest BCUT2D eigenvalue weighted by Crippen LogP contribution is -1.97. The molecule has 1 saturated carbocycles. The van der Waals surface area contributed by atoms with Gasteiger partial charge in [0.15, 0.2) is 5.78 Å². The van der Waals surface area contributed by atoms with Gasteiger partial charge in [-0.15, -0.1) is 0 Å². The second kappa shape index (κ2) is 2.59. The number of carbonyl (C=O) groups is 1. The summed E-state index contributed by atoms with van der Waals surface area (Å²) in [7, 11) is 0. The number of ketones is 1. The van der Waals surface area contributed by atoms with Crippen molar-refractivity contribution >= 4 is 17.4 Å². The minimum atomic E-state index is -0.0214. The van der Waals surface area contributed by atoms with E-state index in [9.17, 15) is 4.79 Å². The zero-order chi connectivity index (χ0) is 8.72. The molecule has 0 radical (unpaired) electrons. The number of nitrogens with zero attached hydrogens (tertiary/aromatic N) is 2. The Morgan fingerprint density at radius 3 is 2.83 bits per heavy atom. The Morgan fingerprint density at radius 1 is 1.75 bits per heavy atom. The van der Waals surface area contributed by atoms with Crippen LogP contribution in [0, 0.1) is 0 Å². The van der Waals surface area contributed by atoms with Crippen LogP contribution in [0.5, 0.6) is 0 Å². The molecule has 0 N–H and O–H groups in total. The Balaban J connectivity index is 2.39. The first-order valence-electron chi connectivity index (χ1n) is 3.94. The van der Waals surface area contributed by atoms with Gasteiger partial charge in [-0.2, -0.15) is 5.10 Å². The molecule has 12 heavy (non-hydrogen) atoms. The van der Waals surface area contributed by atoms with Crippen LogP contribution < -0.4 is 0 Å². The summed E-state index contributed by atoms with van der Waals surface area (Å²) in [6.07, 6.45) is 3.79. The number of hydrogen-bond acceptors (Lipinski definition) is 2. The smallest absolute Gasteiger partial charge is 0.164 e. The second-order valence-corrected chi connectivity index (χ2v) is 3.44. The molecule has 0 unspecified atom stereocenters. The molecule has 0 amide bonds. The SMILES string of the molecule is CC(=O)c1cnn(C2CC2)c1Cl. The number of Topliss-reactive ketones (excluding diaryl/α,β-unsaturated/α-hetero) is 1. The molecule has 0 saturated heterocycles. The normalized spacial score (nSPS) is 16.5. The maximum atomic E-state index is 11.0. The summed E-state index contributed by atoms with van der Waals surface area (Å²) < 4.78 is 1.73. The Bertz CT molecular complexity index is 328. The van der Waals surface area contributed by atoms with Gasteiger partial charge in [-0.3, -0.25) is 9.48 Å². The summed E-state index contributed by atoms with van der Waals surface area (Å²) in [5.41, 5.74) is 0.531. The van der Waals surface area contributed by atoms with Gasteiger partial charge in [-0.25, -0.2) is 0 Å². The van der Waals surface area contributed by atoms with Gasteiger partial charge >= 0.3 is 0 Å². The van der Waals surface area contributed by atoms with Crippen LogP contribution in [0.1, 0.15) is 36.2 Å². The predicted molar refractivity (Wildman–Crippen MR) is 45.5 cm³/mol. The third-order valence-corrected chi connectivity index (χ3v) is 2.38. The first-order chi connectivity index (χ1) is 5.70. The average molecular weight is 185 g/mol. The van der Waals surface area contributed by atoms with Crippen molar-refractivity contribution in [3.63, 3.8) is 0 Å². The first kappa shape index (κ1) is 7.80. The van der Waals surface area contributed by atoms with E-state index in [1.165, 1.54) is 6.92 Å². The van der Waals surface area contributed by atoms with Gasteiger partial charge in [0.2, 0.25) is 0 Å². The van der Waals surface area contributed by atoms with E-state index in [2.05, 4.69) is 5.10 Å². The summed E-state index contributed by atoms with van der Waals surface area (Å²) in [4.78, 5) is 11.0. The molecule has 0 aromatic carbocycles. The molecule has 1 aliphatic carbocycles. The first-order valence-corrected chi connectivity index (χ1v) is 4.32. The fourth-order valence-corrected chi connectivity index (χ4v) is 1.52. The van der Waals surface area contributed by atoms with E-state index in [1.54, 1.807) is 10.9 Å². The number of aromatic nitrogens is 2. The van der Waals surface area contributed by atoms with Crippen LogP contribution >= 0.6 is 11.6 Å². The number of carbonyl (C=O) groups excluding carboxylic acids is 1. The highest BCUT2D eigenvalue weighted by Crippen LogP contribution is 2.37. The molecule has 64 valence electrons. The van der Waals surface area contributed by atoms with Crippen LogP contribution in [-0.4, -0.2) is 15.6 Å². The van der Waals surface area contributed by atoms with Gasteiger partial charge < -0.3 is 0 Å². The van der Waals surface area contributed by atoms with Crippen molar-refractivity contribution in [1.82, 2.24) is 9.78 Å². The number of rotatable bonds is 2. The fourth-order valence-electron chi connectivity index (χ4n) is 1.16. The second-order valence-electron chi connectivity index (χ2n) is 3.08. The van der Waals surface area contributed by atoms with Crippen LogP contribution in [0.25, 0.3) is 0 Å². The van der Waals surface area contributed by atoms with E-state index in [-0.39, 0.29) is 5.78 Å². The summed E-state index contributed by atoms with van der Waals surface area (Å²) in [6.45, 7) is 1.50. The maximum Gasteiger partial charge on any atom is 0.164 e. The highest BCUT2D eigenvalue weighted by atomic mass is 35.5. The van der Waals surface area contributed by atoms with E-state index < -0.39 is 0 Å². The van der Waals surface area contributed by atoms with Gasteiger partial charge in [0.1, 0.15) is 5.15 Å². The van der Waals surface area contributed by atoms with E-state index in [0.717, 1.165) is 12.8 Å². The van der Waals surface area contributed by atoms with Crippen molar-refractivity contribution in [2.24, 2.45) is 0 Å². The lowest BCUT2D eigenvalue weighted by Gasteiger charge is -1.98. The summed E-state index contributed by atoms with van der Waals surface area (Å²) >= 11 is 5.93. The van der Waals surface area contributed by atoms with Crippen molar-refractivity contribution < 1.29 is 4.79 Å². The van der Waals surface area contributed by atoms with Crippen LogP contribution in [-0.2, 0) is 0 Å². The molecule has 0 atom stereocenters.